The standard InChI is InChI=1S/C29H34O5/c30-25-16-19-28(31)27(22-25)29(32)34-21-11-6-4-2-1-3-5-10-20-33-26-17-14-24(15-18-26)23-12-8-7-9-13-23/h7-9,12-19,22,30-31H,1-6,10-11,20-21H2. The van der Waals surface area contributed by atoms with Crippen molar-refractivity contribution in [1.82, 2.24) is 0 Å². The van der Waals surface area contributed by atoms with E-state index < -0.39 is 5.97 Å². The Bertz CT molecular complexity index is 999. The number of aromatic hydroxyl groups is 2. The van der Waals surface area contributed by atoms with E-state index in [1.807, 2.05) is 30.3 Å². The second kappa shape index (κ2) is 13.9. The molecule has 0 aliphatic carbocycles. The second-order valence-corrected chi connectivity index (χ2v) is 8.40. The van der Waals surface area contributed by atoms with E-state index in [-0.39, 0.29) is 17.1 Å². The molecule has 5 heteroatoms. The quantitative estimate of drug-likeness (QED) is 0.151. The third kappa shape index (κ3) is 8.47. The summed E-state index contributed by atoms with van der Waals surface area (Å²) in [6.07, 6.45) is 8.68. The molecular weight excluding hydrogens is 428 g/mol. The summed E-state index contributed by atoms with van der Waals surface area (Å²) in [7, 11) is 0. The molecule has 3 rings (SSSR count). The first-order valence-corrected chi connectivity index (χ1v) is 12.1. The topological polar surface area (TPSA) is 76.0 Å². The molecule has 34 heavy (non-hydrogen) atoms. The molecule has 0 aromatic heterocycles. The lowest BCUT2D eigenvalue weighted by molar-refractivity contribution is 0.0494. The smallest absolute Gasteiger partial charge is 0.342 e. The van der Waals surface area contributed by atoms with Crippen LogP contribution < -0.4 is 4.74 Å². The van der Waals surface area contributed by atoms with Gasteiger partial charge in [-0.3, -0.25) is 0 Å². The van der Waals surface area contributed by atoms with E-state index in [9.17, 15) is 15.0 Å². The summed E-state index contributed by atoms with van der Waals surface area (Å²) in [5, 5.41) is 19.1. The van der Waals surface area contributed by atoms with Crippen molar-refractivity contribution in [3.8, 4) is 28.4 Å². The Hall–Kier alpha value is -3.47. The van der Waals surface area contributed by atoms with E-state index in [0.717, 1.165) is 44.5 Å². The number of phenols is 2. The third-order valence-corrected chi connectivity index (χ3v) is 5.70. The molecule has 2 N–H and O–H groups in total. The molecule has 3 aromatic rings. The number of rotatable bonds is 14. The number of carbonyl (C=O) groups is 1. The lowest BCUT2D eigenvalue weighted by Crippen LogP contribution is -2.06. The SMILES string of the molecule is O=C(OCCCCCCCCCCOc1ccc(-c2ccccc2)cc1)c1cc(O)ccc1O. The molecule has 0 saturated carbocycles. The van der Waals surface area contributed by atoms with Crippen molar-refractivity contribution in [3.63, 3.8) is 0 Å². The minimum atomic E-state index is -0.609. The van der Waals surface area contributed by atoms with Gasteiger partial charge >= 0.3 is 5.97 Å². The third-order valence-electron chi connectivity index (χ3n) is 5.70. The monoisotopic (exact) mass is 462 g/mol. The number of esters is 1. The van der Waals surface area contributed by atoms with Gasteiger partial charge in [0.2, 0.25) is 0 Å². The number of unbranched alkanes of at least 4 members (excludes halogenated alkanes) is 7. The Balaban J connectivity index is 1.15. The number of carbonyl (C=O) groups excluding carboxylic acids is 1. The Morgan fingerprint density at radius 1 is 0.647 bits per heavy atom. The second-order valence-electron chi connectivity index (χ2n) is 8.40. The minimum Gasteiger partial charge on any atom is -0.508 e. The lowest BCUT2D eigenvalue weighted by Gasteiger charge is -2.08. The summed E-state index contributed by atoms with van der Waals surface area (Å²) in [4.78, 5) is 11.9. The van der Waals surface area contributed by atoms with Crippen molar-refractivity contribution in [2.75, 3.05) is 13.2 Å². The van der Waals surface area contributed by atoms with Gasteiger partial charge in [-0.2, -0.15) is 0 Å². The van der Waals surface area contributed by atoms with Crippen LogP contribution in [-0.4, -0.2) is 29.4 Å². The van der Waals surface area contributed by atoms with Crippen LogP contribution in [0.25, 0.3) is 11.1 Å². The molecule has 5 nitrogen and oxygen atoms in total. The summed E-state index contributed by atoms with van der Waals surface area (Å²) < 4.78 is 11.0. The summed E-state index contributed by atoms with van der Waals surface area (Å²) in [5.74, 6) is 0.0467. The zero-order chi connectivity index (χ0) is 24.0. The first-order chi connectivity index (χ1) is 16.6. The first-order valence-electron chi connectivity index (χ1n) is 12.1. The fourth-order valence-electron chi connectivity index (χ4n) is 3.76. The molecule has 180 valence electrons. The zero-order valence-corrected chi connectivity index (χ0v) is 19.6. The van der Waals surface area contributed by atoms with Crippen LogP contribution in [0.2, 0.25) is 0 Å². The largest absolute Gasteiger partial charge is 0.508 e. The molecule has 0 radical (unpaired) electrons. The van der Waals surface area contributed by atoms with Gasteiger partial charge < -0.3 is 19.7 Å². The summed E-state index contributed by atoms with van der Waals surface area (Å²) in [6.45, 7) is 1.06. The Labute approximate surface area is 202 Å². The van der Waals surface area contributed by atoms with Gasteiger partial charge in [0, 0.05) is 0 Å². The highest BCUT2D eigenvalue weighted by Gasteiger charge is 2.13. The molecule has 0 saturated heterocycles. The van der Waals surface area contributed by atoms with Crippen LogP contribution in [0.1, 0.15) is 61.7 Å². The van der Waals surface area contributed by atoms with Gasteiger partial charge in [0.25, 0.3) is 0 Å². The lowest BCUT2D eigenvalue weighted by atomic mass is 10.1. The number of hydrogen-bond acceptors (Lipinski definition) is 5. The van der Waals surface area contributed by atoms with E-state index in [1.165, 1.54) is 48.6 Å². The predicted molar refractivity (Wildman–Crippen MR) is 134 cm³/mol. The number of benzene rings is 3. The fourth-order valence-corrected chi connectivity index (χ4v) is 3.76. The van der Waals surface area contributed by atoms with Crippen LogP contribution in [0, 0.1) is 0 Å². The van der Waals surface area contributed by atoms with E-state index in [4.69, 9.17) is 9.47 Å². The maximum Gasteiger partial charge on any atom is 0.342 e. The van der Waals surface area contributed by atoms with Crippen molar-refractivity contribution < 1.29 is 24.5 Å². The normalized spacial score (nSPS) is 10.7. The van der Waals surface area contributed by atoms with Crippen molar-refractivity contribution in [3.05, 3.63) is 78.4 Å². The van der Waals surface area contributed by atoms with Gasteiger partial charge in [-0.05, 0) is 54.3 Å². The highest BCUT2D eigenvalue weighted by molar-refractivity contribution is 5.92. The molecule has 0 unspecified atom stereocenters. The molecular formula is C29H34O5. The van der Waals surface area contributed by atoms with Crippen molar-refractivity contribution in [2.45, 2.75) is 51.4 Å². The molecule has 0 atom stereocenters. The van der Waals surface area contributed by atoms with Crippen LogP contribution in [0.15, 0.2) is 72.8 Å². The number of phenolic OH excluding ortho intramolecular Hbond substituents is 2. The fraction of sp³-hybridized carbons (Fsp3) is 0.345. The van der Waals surface area contributed by atoms with E-state index in [0.29, 0.717) is 6.61 Å². The molecule has 0 bridgehead atoms. The predicted octanol–water partition coefficient (Wildman–Crippen LogP) is 7.12. The molecule has 0 heterocycles. The van der Waals surface area contributed by atoms with E-state index >= 15 is 0 Å². The average Bonchev–Trinajstić information content (AvgIpc) is 2.87. The Kier molecular flexibility index (Phi) is 10.3. The van der Waals surface area contributed by atoms with Crippen LogP contribution in [0.5, 0.6) is 17.2 Å². The molecule has 3 aromatic carbocycles. The van der Waals surface area contributed by atoms with Crippen LogP contribution in [-0.2, 0) is 4.74 Å². The van der Waals surface area contributed by atoms with Gasteiger partial charge in [0.1, 0.15) is 22.8 Å². The highest BCUT2D eigenvalue weighted by atomic mass is 16.5. The number of ether oxygens (including phenoxy) is 2. The van der Waals surface area contributed by atoms with Gasteiger partial charge in [-0.15, -0.1) is 0 Å². The highest BCUT2D eigenvalue weighted by Crippen LogP contribution is 2.23. The zero-order valence-electron chi connectivity index (χ0n) is 19.6. The van der Waals surface area contributed by atoms with Gasteiger partial charge in [-0.25, -0.2) is 4.79 Å². The molecule has 0 aliphatic heterocycles. The summed E-state index contributed by atoms with van der Waals surface area (Å²) >= 11 is 0. The van der Waals surface area contributed by atoms with Crippen molar-refractivity contribution in [2.24, 2.45) is 0 Å². The van der Waals surface area contributed by atoms with Crippen molar-refractivity contribution in [1.29, 1.82) is 0 Å². The van der Waals surface area contributed by atoms with Gasteiger partial charge in [0.05, 0.1) is 13.2 Å². The average molecular weight is 463 g/mol. The minimum absolute atomic E-state index is 0.00632. The molecule has 0 spiro atoms. The molecule has 0 fully saturated rings. The van der Waals surface area contributed by atoms with Crippen LogP contribution in [0.4, 0.5) is 0 Å². The maximum atomic E-state index is 11.9. The first kappa shape index (κ1) is 25.2. The van der Waals surface area contributed by atoms with E-state index in [2.05, 4.69) is 24.3 Å². The Morgan fingerprint density at radius 2 is 1.24 bits per heavy atom. The summed E-state index contributed by atoms with van der Waals surface area (Å²) in [5.41, 5.74) is 2.40. The summed E-state index contributed by atoms with van der Waals surface area (Å²) in [6, 6.07) is 22.4. The number of hydrogen-bond donors (Lipinski definition) is 2. The van der Waals surface area contributed by atoms with Gasteiger partial charge in [0.15, 0.2) is 0 Å². The molecule has 0 aliphatic rings. The van der Waals surface area contributed by atoms with Crippen LogP contribution >= 0.6 is 0 Å². The van der Waals surface area contributed by atoms with Crippen molar-refractivity contribution >= 4 is 5.97 Å². The Morgan fingerprint density at radius 3 is 1.91 bits per heavy atom. The van der Waals surface area contributed by atoms with E-state index in [1.54, 1.807) is 0 Å². The molecule has 0 amide bonds. The van der Waals surface area contributed by atoms with Crippen LogP contribution in [0.3, 0.4) is 0 Å². The maximum absolute atomic E-state index is 11.9. The van der Waals surface area contributed by atoms with Gasteiger partial charge in [-0.1, -0.05) is 81.0 Å².